The van der Waals surface area contributed by atoms with Crippen molar-refractivity contribution >= 4 is 11.8 Å². The van der Waals surface area contributed by atoms with Crippen LogP contribution in [0.5, 0.6) is 0 Å². The van der Waals surface area contributed by atoms with Crippen LogP contribution in [0, 0.1) is 5.92 Å². The lowest BCUT2D eigenvalue weighted by molar-refractivity contribution is 0.0696. The Balaban J connectivity index is 2.62. The topological polar surface area (TPSA) is 62.2 Å². The summed E-state index contributed by atoms with van der Waals surface area (Å²) in [6, 6.07) is 3.26. The molecule has 0 aliphatic rings. The summed E-state index contributed by atoms with van der Waals surface area (Å²) < 4.78 is 0. The van der Waals surface area contributed by atoms with Gasteiger partial charge in [-0.25, -0.2) is 9.78 Å². The number of hydrogen-bond acceptors (Lipinski definition) is 3. The number of unbranched alkanes of at least 4 members (excludes halogenated alkanes) is 1. The molecule has 1 rings (SSSR count). The Morgan fingerprint density at radius 1 is 1.25 bits per heavy atom. The number of nitrogens with one attached hydrogen (secondary N) is 1. The molecule has 4 nitrogen and oxygen atoms in total. The zero-order valence-corrected chi connectivity index (χ0v) is 12.9. The number of carboxylic acid groups (broad SMARTS) is 1. The molecule has 4 heteroatoms. The molecule has 0 aromatic carbocycles. The molecule has 0 bridgehead atoms. The van der Waals surface area contributed by atoms with Crippen LogP contribution in [0.15, 0.2) is 12.1 Å². The maximum absolute atomic E-state index is 11.1. The number of hydrogen-bond donors (Lipinski definition) is 2. The predicted molar refractivity (Wildman–Crippen MR) is 82.5 cm³/mol. The zero-order chi connectivity index (χ0) is 15.1. The molecule has 2 N–H and O–H groups in total. The average molecular weight is 278 g/mol. The van der Waals surface area contributed by atoms with Crippen molar-refractivity contribution in [3.05, 3.63) is 23.4 Å². The van der Waals surface area contributed by atoms with Gasteiger partial charge in [-0.1, -0.05) is 40.5 Å². The molecule has 1 heterocycles. The Morgan fingerprint density at radius 3 is 2.50 bits per heavy atom. The number of anilines is 1. The molecule has 0 saturated carbocycles. The van der Waals surface area contributed by atoms with Crippen LogP contribution in [-0.2, 0) is 0 Å². The normalized spacial score (nSPS) is 11.1. The number of aromatic carboxylic acids is 1. The first-order valence-corrected chi connectivity index (χ1v) is 7.39. The lowest BCUT2D eigenvalue weighted by Crippen LogP contribution is -2.08. The SMILES string of the molecule is CC(C)CCCCNc1cc(C(=O)O)cc(C(C)C)n1. The highest BCUT2D eigenvalue weighted by Gasteiger charge is 2.10. The molecule has 0 radical (unpaired) electrons. The Morgan fingerprint density at radius 2 is 1.95 bits per heavy atom. The monoisotopic (exact) mass is 278 g/mol. The second-order valence-electron chi connectivity index (χ2n) is 5.94. The maximum atomic E-state index is 11.1. The molecule has 20 heavy (non-hydrogen) atoms. The molecular formula is C16H26N2O2. The van der Waals surface area contributed by atoms with Gasteiger partial charge in [0, 0.05) is 12.2 Å². The van der Waals surface area contributed by atoms with E-state index in [0.29, 0.717) is 11.4 Å². The smallest absolute Gasteiger partial charge is 0.335 e. The molecule has 112 valence electrons. The number of carbonyl (C=O) groups is 1. The first kappa shape index (κ1) is 16.5. The van der Waals surface area contributed by atoms with Crippen LogP contribution in [-0.4, -0.2) is 22.6 Å². The van der Waals surface area contributed by atoms with Crippen LogP contribution in [0.2, 0.25) is 0 Å². The summed E-state index contributed by atoms with van der Waals surface area (Å²) in [5, 5.41) is 12.4. The highest BCUT2D eigenvalue weighted by molar-refractivity contribution is 5.88. The summed E-state index contributed by atoms with van der Waals surface area (Å²) in [4.78, 5) is 15.6. The molecule has 0 spiro atoms. The molecule has 0 unspecified atom stereocenters. The van der Waals surface area contributed by atoms with Gasteiger partial charge in [0.05, 0.1) is 5.56 Å². The summed E-state index contributed by atoms with van der Waals surface area (Å²) in [5.41, 5.74) is 1.11. The maximum Gasteiger partial charge on any atom is 0.335 e. The molecular weight excluding hydrogens is 252 g/mol. The minimum Gasteiger partial charge on any atom is -0.478 e. The van der Waals surface area contributed by atoms with Crippen molar-refractivity contribution in [2.45, 2.75) is 52.9 Å². The van der Waals surface area contributed by atoms with E-state index in [0.717, 1.165) is 24.6 Å². The van der Waals surface area contributed by atoms with Gasteiger partial charge in [0.15, 0.2) is 0 Å². The summed E-state index contributed by atoms with van der Waals surface area (Å²) >= 11 is 0. The lowest BCUT2D eigenvalue weighted by atomic mass is 10.1. The highest BCUT2D eigenvalue weighted by Crippen LogP contribution is 2.18. The van der Waals surface area contributed by atoms with Crippen molar-refractivity contribution in [3.63, 3.8) is 0 Å². The summed E-state index contributed by atoms with van der Waals surface area (Å²) in [7, 11) is 0. The third kappa shape index (κ3) is 5.59. The summed E-state index contributed by atoms with van der Waals surface area (Å²) in [6.07, 6.45) is 3.48. The van der Waals surface area contributed by atoms with E-state index in [1.807, 2.05) is 13.8 Å². The van der Waals surface area contributed by atoms with Crippen LogP contribution in [0.4, 0.5) is 5.82 Å². The van der Waals surface area contributed by atoms with Gasteiger partial charge in [0.1, 0.15) is 5.82 Å². The van der Waals surface area contributed by atoms with Crippen LogP contribution < -0.4 is 5.32 Å². The van der Waals surface area contributed by atoms with Crippen molar-refractivity contribution in [1.82, 2.24) is 4.98 Å². The predicted octanol–water partition coefficient (Wildman–Crippen LogP) is 4.14. The summed E-state index contributed by atoms with van der Waals surface area (Å²) in [6.45, 7) is 9.31. The van der Waals surface area contributed by atoms with Gasteiger partial charge < -0.3 is 10.4 Å². The van der Waals surface area contributed by atoms with Crippen molar-refractivity contribution in [1.29, 1.82) is 0 Å². The van der Waals surface area contributed by atoms with Gasteiger partial charge in [0.25, 0.3) is 0 Å². The molecule has 1 aromatic heterocycles. The van der Waals surface area contributed by atoms with Crippen molar-refractivity contribution < 1.29 is 9.90 Å². The fraction of sp³-hybridized carbons (Fsp3) is 0.625. The van der Waals surface area contributed by atoms with E-state index in [4.69, 9.17) is 5.11 Å². The van der Waals surface area contributed by atoms with Crippen LogP contribution >= 0.6 is 0 Å². The number of rotatable bonds is 8. The highest BCUT2D eigenvalue weighted by atomic mass is 16.4. The van der Waals surface area contributed by atoms with Crippen molar-refractivity contribution in [2.24, 2.45) is 5.92 Å². The Kier molecular flexibility index (Phi) is 6.49. The molecule has 1 aromatic rings. The van der Waals surface area contributed by atoms with E-state index in [9.17, 15) is 4.79 Å². The molecule has 0 aliphatic carbocycles. The van der Waals surface area contributed by atoms with Gasteiger partial charge in [-0.3, -0.25) is 0 Å². The minimum absolute atomic E-state index is 0.218. The van der Waals surface area contributed by atoms with Crippen molar-refractivity contribution in [3.8, 4) is 0 Å². The zero-order valence-electron chi connectivity index (χ0n) is 12.9. The fourth-order valence-corrected chi connectivity index (χ4v) is 1.96. The van der Waals surface area contributed by atoms with Crippen LogP contribution in [0.3, 0.4) is 0 Å². The average Bonchev–Trinajstić information content (AvgIpc) is 2.37. The first-order chi connectivity index (χ1) is 9.40. The van der Waals surface area contributed by atoms with E-state index in [1.54, 1.807) is 12.1 Å². The summed E-state index contributed by atoms with van der Waals surface area (Å²) in [5.74, 6) is 0.710. The van der Waals surface area contributed by atoms with Crippen LogP contribution in [0.1, 0.15) is 68.9 Å². The second-order valence-corrected chi connectivity index (χ2v) is 5.94. The number of aromatic nitrogens is 1. The molecule has 0 saturated heterocycles. The second kappa shape index (κ2) is 7.88. The van der Waals surface area contributed by atoms with E-state index in [2.05, 4.69) is 24.1 Å². The van der Waals surface area contributed by atoms with Gasteiger partial charge in [-0.15, -0.1) is 0 Å². The van der Waals surface area contributed by atoms with E-state index in [-0.39, 0.29) is 5.92 Å². The molecule has 0 amide bonds. The number of pyridine rings is 1. The van der Waals surface area contributed by atoms with E-state index in [1.165, 1.54) is 12.8 Å². The van der Waals surface area contributed by atoms with Gasteiger partial charge in [0.2, 0.25) is 0 Å². The van der Waals surface area contributed by atoms with Crippen molar-refractivity contribution in [2.75, 3.05) is 11.9 Å². The lowest BCUT2D eigenvalue weighted by Gasteiger charge is -2.11. The Labute approximate surface area is 121 Å². The van der Waals surface area contributed by atoms with Gasteiger partial charge in [-0.2, -0.15) is 0 Å². The molecule has 0 fully saturated rings. The largest absolute Gasteiger partial charge is 0.478 e. The molecule has 0 aliphatic heterocycles. The quantitative estimate of drug-likeness (QED) is 0.701. The minimum atomic E-state index is -0.905. The number of nitrogens with zero attached hydrogens (tertiary/aromatic N) is 1. The van der Waals surface area contributed by atoms with Gasteiger partial charge >= 0.3 is 5.97 Å². The Bertz CT molecular complexity index is 442. The third-order valence-corrected chi connectivity index (χ3v) is 3.20. The first-order valence-electron chi connectivity index (χ1n) is 7.39. The third-order valence-electron chi connectivity index (χ3n) is 3.20. The standard InChI is InChI=1S/C16H26N2O2/c1-11(2)7-5-6-8-17-15-10-13(16(19)20)9-14(18-15)12(3)4/h9-12H,5-8H2,1-4H3,(H,17,18)(H,19,20). The van der Waals surface area contributed by atoms with Crippen LogP contribution in [0.25, 0.3) is 0 Å². The fourth-order valence-electron chi connectivity index (χ4n) is 1.96. The van der Waals surface area contributed by atoms with E-state index < -0.39 is 5.97 Å². The Hall–Kier alpha value is -1.58. The number of carboxylic acids is 1. The molecule has 0 atom stereocenters. The van der Waals surface area contributed by atoms with Gasteiger partial charge in [-0.05, 0) is 30.4 Å². The van der Waals surface area contributed by atoms with E-state index >= 15 is 0 Å².